The molecule has 0 saturated carbocycles. The Morgan fingerprint density at radius 1 is 1.15 bits per heavy atom. The van der Waals surface area contributed by atoms with E-state index in [1.165, 1.54) is 18.7 Å². The van der Waals surface area contributed by atoms with Gasteiger partial charge in [-0.1, -0.05) is 24.3 Å². The molecule has 0 bridgehead atoms. The molecule has 8 nitrogen and oxygen atoms in total. The zero-order chi connectivity index (χ0) is 19.7. The Labute approximate surface area is 159 Å². The molecule has 2 aromatic heterocycles. The predicted octanol–water partition coefficient (Wildman–Crippen LogP) is 1.69. The summed E-state index contributed by atoms with van der Waals surface area (Å²) >= 11 is 1.09. The molecule has 2 heterocycles. The molecule has 0 atom stereocenters. The van der Waals surface area contributed by atoms with Gasteiger partial charge in [-0.05, 0) is 31.2 Å². The minimum absolute atomic E-state index is 0.0901. The van der Waals surface area contributed by atoms with Crippen molar-refractivity contribution in [1.82, 2.24) is 23.9 Å². The van der Waals surface area contributed by atoms with Crippen molar-refractivity contribution in [2.45, 2.75) is 30.6 Å². The summed E-state index contributed by atoms with van der Waals surface area (Å²) in [6.07, 6.45) is 0. The van der Waals surface area contributed by atoms with E-state index >= 15 is 0 Å². The molecule has 1 aromatic carbocycles. The highest BCUT2D eigenvalue weighted by Gasteiger charge is 2.21. The van der Waals surface area contributed by atoms with Gasteiger partial charge in [0.15, 0.2) is 11.0 Å². The van der Waals surface area contributed by atoms with Gasteiger partial charge in [0.1, 0.15) is 16.7 Å². The lowest BCUT2D eigenvalue weighted by molar-refractivity contribution is 0.627. The molecule has 0 aliphatic heterocycles. The summed E-state index contributed by atoms with van der Waals surface area (Å²) in [4.78, 5) is 24.5. The van der Waals surface area contributed by atoms with E-state index in [1.807, 2.05) is 48.7 Å². The number of aryl methyl sites for hydroxylation is 1. The quantitative estimate of drug-likeness (QED) is 0.637. The van der Waals surface area contributed by atoms with Gasteiger partial charge in [0.25, 0.3) is 5.56 Å². The van der Waals surface area contributed by atoms with Gasteiger partial charge in [-0.3, -0.25) is 13.9 Å². The number of nitrogens with zero attached hydrogens (tertiary/aromatic N) is 6. The second-order valence-electron chi connectivity index (χ2n) is 5.97. The zero-order valence-electron chi connectivity index (χ0n) is 15.4. The minimum atomic E-state index is -0.621. The Balaban J connectivity index is 2.17. The van der Waals surface area contributed by atoms with Gasteiger partial charge in [-0.15, -0.1) is 10.2 Å². The fraction of sp³-hybridized carbons (Fsp3) is 0.278. The summed E-state index contributed by atoms with van der Waals surface area (Å²) in [7, 11) is 2.88. The van der Waals surface area contributed by atoms with Gasteiger partial charge in [-0.25, -0.2) is 4.79 Å². The molecule has 0 fully saturated rings. The van der Waals surface area contributed by atoms with Crippen LogP contribution in [0.4, 0.5) is 0 Å². The number of aromatic nitrogens is 5. The fourth-order valence-electron chi connectivity index (χ4n) is 2.80. The number of nitriles is 1. The van der Waals surface area contributed by atoms with Crippen LogP contribution in [-0.4, -0.2) is 23.9 Å². The average Bonchev–Trinajstić information content (AvgIpc) is 3.07. The van der Waals surface area contributed by atoms with Gasteiger partial charge < -0.3 is 4.57 Å². The highest BCUT2D eigenvalue weighted by Crippen LogP contribution is 2.30. The zero-order valence-corrected chi connectivity index (χ0v) is 16.2. The Bertz CT molecular complexity index is 1180. The van der Waals surface area contributed by atoms with Crippen LogP contribution in [0.25, 0.3) is 11.4 Å². The maximum atomic E-state index is 12.3. The van der Waals surface area contributed by atoms with E-state index < -0.39 is 11.2 Å². The predicted molar refractivity (Wildman–Crippen MR) is 102 cm³/mol. The Morgan fingerprint density at radius 2 is 1.85 bits per heavy atom. The van der Waals surface area contributed by atoms with E-state index in [-0.39, 0.29) is 10.6 Å². The van der Waals surface area contributed by atoms with E-state index in [4.69, 9.17) is 0 Å². The van der Waals surface area contributed by atoms with E-state index in [0.29, 0.717) is 17.5 Å². The van der Waals surface area contributed by atoms with Crippen molar-refractivity contribution >= 4 is 11.8 Å². The molecule has 27 heavy (non-hydrogen) atoms. The summed E-state index contributed by atoms with van der Waals surface area (Å²) in [5.74, 6) is 0.699. The Kier molecular flexibility index (Phi) is 5.01. The van der Waals surface area contributed by atoms with Crippen molar-refractivity contribution in [2.75, 3.05) is 0 Å². The SMILES string of the molecule is CCn1c(Sc2c(C#N)c(=O)n(C)c(=O)n2C)nnc1-c1ccccc1C. The van der Waals surface area contributed by atoms with E-state index in [0.717, 1.165) is 27.5 Å². The number of benzene rings is 1. The first-order valence-electron chi connectivity index (χ1n) is 8.27. The second kappa shape index (κ2) is 7.25. The van der Waals surface area contributed by atoms with Gasteiger partial charge in [0.2, 0.25) is 0 Å². The average molecular weight is 382 g/mol. The molecular weight excluding hydrogens is 364 g/mol. The fourth-order valence-corrected chi connectivity index (χ4v) is 3.83. The molecule has 0 aliphatic rings. The molecule has 0 amide bonds. The Hall–Kier alpha value is -3.12. The second-order valence-corrected chi connectivity index (χ2v) is 6.92. The summed E-state index contributed by atoms with van der Waals surface area (Å²) in [5.41, 5.74) is 0.813. The third-order valence-electron chi connectivity index (χ3n) is 4.33. The van der Waals surface area contributed by atoms with Crippen molar-refractivity contribution in [3.05, 3.63) is 56.2 Å². The lowest BCUT2D eigenvalue weighted by atomic mass is 10.1. The van der Waals surface area contributed by atoms with E-state index in [1.54, 1.807) is 0 Å². The van der Waals surface area contributed by atoms with E-state index in [2.05, 4.69) is 10.2 Å². The summed E-state index contributed by atoms with van der Waals surface area (Å²) in [6.45, 7) is 4.55. The maximum Gasteiger partial charge on any atom is 0.331 e. The van der Waals surface area contributed by atoms with Crippen LogP contribution < -0.4 is 11.2 Å². The van der Waals surface area contributed by atoms with Crippen molar-refractivity contribution in [3.8, 4) is 17.5 Å². The molecule has 0 aliphatic carbocycles. The monoisotopic (exact) mass is 382 g/mol. The standard InChI is InChI=1S/C18H18N6O2S/c1-5-24-14(12-9-7-6-8-11(12)2)20-21-17(24)27-16-13(10-19)15(25)22(3)18(26)23(16)4/h6-9H,5H2,1-4H3. The molecule has 0 radical (unpaired) electrons. The first-order chi connectivity index (χ1) is 12.9. The number of hydrogen-bond donors (Lipinski definition) is 0. The lowest BCUT2D eigenvalue weighted by Gasteiger charge is -2.12. The summed E-state index contributed by atoms with van der Waals surface area (Å²) in [6, 6.07) is 9.76. The van der Waals surface area contributed by atoms with Crippen LogP contribution in [0.2, 0.25) is 0 Å². The van der Waals surface area contributed by atoms with Gasteiger partial charge in [0, 0.05) is 26.2 Å². The van der Waals surface area contributed by atoms with Crippen LogP contribution in [0.3, 0.4) is 0 Å². The highest BCUT2D eigenvalue weighted by molar-refractivity contribution is 7.99. The van der Waals surface area contributed by atoms with Crippen LogP contribution in [0.5, 0.6) is 0 Å². The molecule has 0 saturated heterocycles. The summed E-state index contributed by atoms with van der Waals surface area (Å²) < 4.78 is 4.11. The highest BCUT2D eigenvalue weighted by atomic mass is 32.2. The Morgan fingerprint density at radius 3 is 2.48 bits per heavy atom. The lowest BCUT2D eigenvalue weighted by Crippen LogP contribution is -2.39. The molecule has 138 valence electrons. The van der Waals surface area contributed by atoms with Crippen molar-refractivity contribution in [1.29, 1.82) is 5.26 Å². The van der Waals surface area contributed by atoms with Gasteiger partial charge >= 0.3 is 5.69 Å². The molecule has 3 rings (SSSR count). The molecular formula is C18H18N6O2S. The molecule has 9 heteroatoms. The van der Waals surface area contributed by atoms with Crippen molar-refractivity contribution < 1.29 is 0 Å². The molecule has 0 unspecified atom stereocenters. The van der Waals surface area contributed by atoms with Crippen LogP contribution in [-0.2, 0) is 20.6 Å². The largest absolute Gasteiger partial charge is 0.331 e. The van der Waals surface area contributed by atoms with Crippen LogP contribution in [0, 0.1) is 18.3 Å². The smallest absolute Gasteiger partial charge is 0.302 e. The number of rotatable bonds is 4. The van der Waals surface area contributed by atoms with Crippen LogP contribution >= 0.6 is 11.8 Å². The van der Waals surface area contributed by atoms with Gasteiger partial charge in [0.05, 0.1) is 0 Å². The third-order valence-corrected chi connectivity index (χ3v) is 5.49. The van der Waals surface area contributed by atoms with Gasteiger partial charge in [-0.2, -0.15) is 5.26 Å². The first-order valence-corrected chi connectivity index (χ1v) is 9.09. The molecule has 3 aromatic rings. The van der Waals surface area contributed by atoms with E-state index in [9.17, 15) is 14.9 Å². The topological polar surface area (TPSA) is 98.5 Å². The minimum Gasteiger partial charge on any atom is -0.302 e. The van der Waals surface area contributed by atoms with Crippen LogP contribution in [0.15, 0.2) is 44.0 Å². The first kappa shape index (κ1) is 18.7. The summed E-state index contributed by atoms with van der Waals surface area (Å²) in [5, 5.41) is 18.7. The molecule has 0 spiro atoms. The van der Waals surface area contributed by atoms with Crippen LogP contribution in [0.1, 0.15) is 18.1 Å². The van der Waals surface area contributed by atoms with Crippen molar-refractivity contribution in [3.63, 3.8) is 0 Å². The maximum absolute atomic E-state index is 12.3. The third kappa shape index (κ3) is 3.08. The normalized spacial score (nSPS) is 10.8. The number of hydrogen-bond acceptors (Lipinski definition) is 6. The van der Waals surface area contributed by atoms with Crippen molar-refractivity contribution in [2.24, 2.45) is 14.1 Å². The molecule has 0 N–H and O–H groups in total.